The normalized spacial score (nSPS) is 24.5. The van der Waals surface area contributed by atoms with E-state index in [-0.39, 0.29) is 6.10 Å². The summed E-state index contributed by atoms with van der Waals surface area (Å²) in [5.74, 6) is 1.97. The maximum Gasteiger partial charge on any atom is 0.191 e. The summed E-state index contributed by atoms with van der Waals surface area (Å²) in [6.45, 7) is 16.9. The lowest BCUT2D eigenvalue weighted by Crippen LogP contribution is -2.52. The van der Waals surface area contributed by atoms with Gasteiger partial charge in [0.1, 0.15) is 0 Å². The second kappa shape index (κ2) is 12.6. The average molecular weight is 444 g/mol. The van der Waals surface area contributed by atoms with E-state index in [9.17, 15) is 0 Å². The highest BCUT2D eigenvalue weighted by Gasteiger charge is 2.28. The van der Waals surface area contributed by atoms with Gasteiger partial charge in [-0.1, -0.05) is 43.7 Å². The Balaban J connectivity index is 1.61. The summed E-state index contributed by atoms with van der Waals surface area (Å²) in [6, 6.07) is 9.31. The third-order valence-electron chi connectivity index (χ3n) is 6.94. The fourth-order valence-corrected chi connectivity index (χ4v) is 4.83. The van der Waals surface area contributed by atoms with Gasteiger partial charge in [0.2, 0.25) is 0 Å². The van der Waals surface area contributed by atoms with Crippen molar-refractivity contribution in [3.8, 4) is 0 Å². The van der Waals surface area contributed by atoms with E-state index in [2.05, 4.69) is 79.4 Å². The molecule has 3 atom stereocenters. The van der Waals surface area contributed by atoms with Crippen molar-refractivity contribution in [1.29, 1.82) is 0 Å². The zero-order valence-electron chi connectivity index (χ0n) is 20.9. The van der Waals surface area contributed by atoms with Gasteiger partial charge in [0.25, 0.3) is 0 Å². The van der Waals surface area contributed by atoms with Crippen LogP contribution in [-0.2, 0) is 4.74 Å². The lowest BCUT2D eigenvalue weighted by molar-refractivity contribution is -0.0265. The van der Waals surface area contributed by atoms with Crippen LogP contribution in [0.1, 0.15) is 50.8 Å². The van der Waals surface area contributed by atoms with Crippen LogP contribution >= 0.6 is 0 Å². The molecular formula is C26H45N5O. The molecule has 0 aliphatic carbocycles. The lowest BCUT2D eigenvalue weighted by atomic mass is 9.89. The fraction of sp³-hybridized carbons (Fsp3) is 0.731. The number of hydrogen-bond acceptors (Lipinski definition) is 4. The highest BCUT2D eigenvalue weighted by molar-refractivity contribution is 5.79. The summed E-state index contributed by atoms with van der Waals surface area (Å²) in [4.78, 5) is 10.1. The molecule has 180 valence electrons. The number of rotatable bonds is 8. The summed E-state index contributed by atoms with van der Waals surface area (Å²) in [7, 11) is 2.21. The number of aliphatic imine (C=N–C) groups is 1. The van der Waals surface area contributed by atoms with Gasteiger partial charge < -0.3 is 20.3 Å². The van der Waals surface area contributed by atoms with E-state index in [4.69, 9.17) is 9.73 Å². The molecule has 2 heterocycles. The molecule has 3 rings (SSSR count). The van der Waals surface area contributed by atoms with Crippen molar-refractivity contribution in [3.05, 3.63) is 35.4 Å². The third-order valence-corrected chi connectivity index (χ3v) is 6.94. The maximum atomic E-state index is 6.22. The van der Waals surface area contributed by atoms with Crippen molar-refractivity contribution in [1.82, 2.24) is 20.4 Å². The summed E-state index contributed by atoms with van der Waals surface area (Å²) in [5.41, 5.74) is 2.58. The standard InChI is InChI=1S/C26H45N5O/c1-6-27-26(29-19-24(20(2)3)31-15-13-30(5)14-16-31)28-18-23-8-7-17-32-25(23)22-11-9-21(4)10-12-22/h9-12,20,23-25H,6-8,13-19H2,1-5H3,(H2,27,28,29). The first kappa shape index (κ1) is 25.0. The van der Waals surface area contributed by atoms with E-state index in [0.717, 1.165) is 64.8 Å². The van der Waals surface area contributed by atoms with Gasteiger partial charge >= 0.3 is 0 Å². The van der Waals surface area contributed by atoms with Crippen LogP contribution in [0.25, 0.3) is 0 Å². The van der Waals surface area contributed by atoms with Crippen LogP contribution in [0.2, 0.25) is 0 Å². The van der Waals surface area contributed by atoms with Crippen molar-refractivity contribution in [2.45, 2.75) is 52.7 Å². The number of likely N-dealkylation sites (N-methyl/N-ethyl adjacent to an activating group) is 1. The Labute approximate surface area is 195 Å². The summed E-state index contributed by atoms with van der Waals surface area (Å²) in [5, 5.41) is 7.10. The number of aryl methyl sites for hydroxylation is 1. The first-order valence-corrected chi connectivity index (χ1v) is 12.6. The molecule has 32 heavy (non-hydrogen) atoms. The quantitative estimate of drug-likeness (QED) is 0.477. The first-order valence-electron chi connectivity index (χ1n) is 12.6. The maximum absolute atomic E-state index is 6.22. The molecule has 6 heteroatoms. The van der Waals surface area contributed by atoms with E-state index < -0.39 is 0 Å². The number of guanidine groups is 1. The number of benzene rings is 1. The number of piperazine rings is 1. The van der Waals surface area contributed by atoms with E-state index in [1.807, 2.05) is 0 Å². The zero-order valence-corrected chi connectivity index (χ0v) is 20.9. The molecule has 0 spiro atoms. The Morgan fingerprint density at radius 1 is 1.12 bits per heavy atom. The molecule has 2 aliphatic rings. The van der Waals surface area contributed by atoms with Gasteiger partial charge in [-0.25, -0.2) is 0 Å². The minimum atomic E-state index is 0.161. The number of hydrogen-bond donors (Lipinski definition) is 2. The largest absolute Gasteiger partial charge is 0.373 e. The molecule has 2 fully saturated rings. The molecule has 0 aromatic heterocycles. The van der Waals surface area contributed by atoms with E-state index in [0.29, 0.717) is 17.9 Å². The number of ether oxygens (including phenoxy) is 1. The van der Waals surface area contributed by atoms with Crippen molar-refractivity contribution < 1.29 is 4.74 Å². The summed E-state index contributed by atoms with van der Waals surface area (Å²) < 4.78 is 6.22. The molecule has 2 aliphatic heterocycles. The molecule has 3 unspecified atom stereocenters. The average Bonchev–Trinajstić information content (AvgIpc) is 2.79. The van der Waals surface area contributed by atoms with Gasteiger partial charge in [0.05, 0.1) is 12.6 Å². The molecule has 0 radical (unpaired) electrons. The predicted molar refractivity (Wildman–Crippen MR) is 134 cm³/mol. The van der Waals surface area contributed by atoms with Gasteiger partial charge in [-0.3, -0.25) is 9.89 Å². The highest BCUT2D eigenvalue weighted by Crippen LogP contribution is 2.33. The first-order chi connectivity index (χ1) is 15.5. The van der Waals surface area contributed by atoms with Gasteiger partial charge in [-0.2, -0.15) is 0 Å². The van der Waals surface area contributed by atoms with Crippen LogP contribution in [0.15, 0.2) is 29.3 Å². The van der Waals surface area contributed by atoms with Crippen molar-refractivity contribution in [2.24, 2.45) is 16.8 Å². The van der Waals surface area contributed by atoms with E-state index >= 15 is 0 Å². The molecule has 2 N–H and O–H groups in total. The summed E-state index contributed by atoms with van der Waals surface area (Å²) in [6.07, 6.45) is 2.47. The van der Waals surface area contributed by atoms with Crippen LogP contribution in [0.5, 0.6) is 0 Å². The molecule has 0 amide bonds. The van der Waals surface area contributed by atoms with Gasteiger partial charge in [0.15, 0.2) is 5.96 Å². The fourth-order valence-electron chi connectivity index (χ4n) is 4.83. The summed E-state index contributed by atoms with van der Waals surface area (Å²) >= 11 is 0. The van der Waals surface area contributed by atoms with Crippen LogP contribution in [-0.4, -0.2) is 81.3 Å². The van der Waals surface area contributed by atoms with Gasteiger partial charge in [-0.05, 0) is 45.2 Å². The minimum absolute atomic E-state index is 0.161. The SMILES string of the molecule is CCNC(=NCC(C(C)C)N1CCN(C)CC1)NCC1CCCOC1c1ccc(C)cc1. The van der Waals surface area contributed by atoms with Gasteiger partial charge in [0, 0.05) is 57.8 Å². The monoisotopic (exact) mass is 443 g/mol. The molecule has 6 nitrogen and oxygen atoms in total. The Hall–Kier alpha value is -1.63. The van der Waals surface area contributed by atoms with Crippen LogP contribution < -0.4 is 10.6 Å². The number of nitrogens with one attached hydrogen (secondary N) is 2. The molecule has 0 bridgehead atoms. The highest BCUT2D eigenvalue weighted by atomic mass is 16.5. The van der Waals surface area contributed by atoms with Crippen molar-refractivity contribution >= 4 is 5.96 Å². The predicted octanol–water partition coefficient (Wildman–Crippen LogP) is 3.29. The number of nitrogens with zero attached hydrogens (tertiary/aromatic N) is 3. The smallest absolute Gasteiger partial charge is 0.191 e. The molecular weight excluding hydrogens is 398 g/mol. The molecule has 1 aromatic rings. The van der Waals surface area contributed by atoms with E-state index in [1.54, 1.807) is 0 Å². The van der Waals surface area contributed by atoms with E-state index in [1.165, 1.54) is 17.5 Å². The van der Waals surface area contributed by atoms with Crippen molar-refractivity contribution in [3.63, 3.8) is 0 Å². The Bertz CT molecular complexity index is 697. The van der Waals surface area contributed by atoms with Crippen LogP contribution in [0.4, 0.5) is 0 Å². The molecule has 0 saturated carbocycles. The Morgan fingerprint density at radius 2 is 1.84 bits per heavy atom. The topological polar surface area (TPSA) is 52.1 Å². The zero-order chi connectivity index (χ0) is 22.9. The third kappa shape index (κ3) is 7.19. The minimum Gasteiger partial charge on any atom is -0.373 e. The van der Waals surface area contributed by atoms with Crippen molar-refractivity contribution in [2.75, 3.05) is 59.5 Å². The Morgan fingerprint density at radius 3 is 2.50 bits per heavy atom. The Kier molecular flexibility index (Phi) is 9.82. The second-order valence-electron chi connectivity index (χ2n) is 9.86. The van der Waals surface area contributed by atoms with Gasteiger partial charge in [-0.15, -0.1) is 0 Å². The second-order valence-corrected chi connectivity index (χ2v) is 9.86. The van der Waals surface area contributed by atoms with Crippen LogP contribution in [0, 0.1) is 18.8 Å². The molecule has 1 aromatic carbocycles. The molecule has 2 saturated heterocycles. The lowest BCUT2D eigenvalue weighted by Gasteiger charge is -2.39. The van der Waals surface area contributed by atoms with Crippen LogP contribution in [0.3, 0.4) is 0 Å².